The standard InChI is InChI=1S/C18H22O4/c1-5-14(6-2)11-12-22-18(19)10-7-15-13-16(20-3)8-9-17(15)21-4/h5-10,13H,1,11-12H2,2-4H3/b10-7+,14-6+. The summed E-state index contributed by atoms with van der Waals surface area (Å²) in [5.41, 5.74) is 1.80. The first-order valence-corrected chi connectivity index (χ1v) is 6.99. The van der Waals surface area contributed by atoms with Crippen LogP contribution in [0.1, 0.15) is 18.9 Å². The lowest BCUT2D eigenvalue weighted by atomic mass is 10.1. The number of methoxy groups -OCH3 is 2. The molecule has 0 fully saturated rings. The van der Waals surface area contributed by atoms with Gasteiger partial charge in [-0.15, -0.1) is 0 Å². The van der Waals surface area contributed by atoms with E-state index in [-0.39, 0.29) is 0 Å². The Morgan fingerprint density at radius 3 is 2.64 bits per heavy atom. The molecule has 0 saturated heterocycles. The van der Waals surface area contributed by atoms with Gasteiger partial charge in [-0.25, -0.2) is 4.79 Å². The highest BCUT2D eigenvalue weighted by molar-refractivity contribution is 5.87. The highest BCUT2D eigenvalue weighted by Gasteiger charge is 2.03. The predicted molar refractivity (Wildman–Crippen MR) is 88.1 cm³/mol. The van der Waals surface area contributed by atoms with Gasteiger partial charge >= 0.3 is 5.97 Å². The largest absolute Gasteiger partial charge is 0.497 e. The lowest BCUT2D eigenvalue weighted by molar-refractivity contribution is -0.137. The van der Waals surface area contributed by atoms with E-state index in [0.717, 1.165) is 11.1 Å². The van der Waals surface area contributed by atoms with Gasteiger partial charge in [0.2, 0.25) is 0 Å². The van der Waals surface area contributed by atoms with Gasteiger partial charge in [0.1, 0.15) is 11.5 Å². The normalized spacial score (nSPS) is 11.3. The Morgan fingerprint density at radius 1 is 1.27 bits per heavy atom. The Labute approximate surface area is 131 Å². The maximum absolute atomic E-state index is 11.7. The SMILES string of the molecule is C=C/C(=C\C)CCOC(=O)/C=C/c1cc(OC)ccc1OC. The predicted octanol–water partition coefficient (Wildman–Crippen LogP) is 3.78. The molecular formula is C18H22O4. The maximum Gasteiger partial charge on any atom is 0.330 e. The van der Waals surface area contributed by atoms with E-state index in [2.05, 4.69) is 6.58 Å². The molecule has 0 N–H and O–H groups in total. The fourth-order valence-electron chi connectivity index (χ4n) is 1.81. The van der Waals surface area contributed by atoms with E-state index < -0.39 is 5.97 Å². The van der Waals surface area contributed by atoms with Gasteiger partial charge in [0.15, 0.2) is 0 Å². The number of hydrogen-bond donors (Lipinski definition) is 0. The second-order valence-electron chi connectivity index (χ2n) is 4.43. The summed E-state index contributed by atoms with van der Waals surface area (Å²) in [5, 5.41) is 0. The molecule has 0 aliphatic heterocycles. The molecule has 0 spiro atoms. The summed E-state index contributed by atoms with van der Waals surface area (Å²) >= 11 is 0. The topological polar surface area (TPSA) is 44.8 Å². The van der Waals surface area contributed by atoms with Gasteiger partial charge in [0.05, 0.1) is 20.8 Å². The van der Waals surface area contributed by atoms with Crippen LogP contribution in [0.15, 0.2) is 48.6 Å². The van der Waals surface area contributed by atoms with Crippen molar-refractivity contribution in [2.45, 2.75) is 13.3 Å². The quantitative estimate of drug-likeness (QED) is 0.416. The summed E-state index contributed by atoms with van der Waals surface area (Å²) in [4.78, 5) is 11.7. The van der Waals surface area contributed by atoms with Gasteiger partial charge < -0.3 is 14.2 Å². The average molecular weight is 302 g/mol. The van der Waals surface area contributed by atoms with Crippen LogP contribution in [0, 0.1) is 0 Å². The van der Waals surface area contributed by atoms with Crippen molar-refractivity contribution in [1.82, 2.24) is 0 Å². The summed E-state index contributed by atoms with van der Waals surface area (Å²) in [6.07, 6.45) is 7.37. The van der Waals surface area contributed by atoms with E-state index in [4.69, 9.17) is 14.2 Å². The molecule has 1 aromatic rings. The lowest BCUT2D eigenvalue weighted by Gasteiger charge is -2.07. The van der Waals surface area contributed by atoms with Crippen molar-refractivity contribution < 1.29 is 19.0 Å². The summed E-state index contributed by atoms with van der Waals surface area (Å²) in [6.45, 7) is 5.94. The van der Waals surface area contributed by atoms with Crippen LogP contribution in [0.25, 0.3) is 6.08 Å². The zero-order chi connectivity index (χ0) is 16.4. The van der Waals surface area contributed by atoms with Gasteiger partial charge in [-0.1, -0.05) is 18.7 Å². The van der Waals surface area contributed by atoms with Crippen molar-refractivity contribution in [3.63, 3.8) is 0 Å². The van der Waals surface area contributed by atoms with E-state index in [1.165, 1.54) is 6.08 Å². The Morgan fingerprint density at radius 2 is 2.05 bits per heavy atom. The number of hydrogen-bond acceptors (Lipinski definition) is 4. The fraction of sp³-hybridized carbons (Fsp3) is 0.278. The molecule has 4 nitrogen and oxygen atoms in total. The van der Waals surface area contributed by atoms with Crippen LogP contribution >= 0.6 is 0 Å². The number of ether oxygens (including phenoxy) is 3. The Balaban J connectivity index is 2.63. The lowest BCUT2D eigenvalue weighted by Crippen LogP contribution is -2.02. The summed E-state index contributed by atoms with van der Waals surface area (Å²) in [5.74, 6) is 0.953. The zero-order valence-electron chi connectivity index (χ0n) is 13.3. The van der Waals surface area contributed by atoms with Crippen molar-refractivity contribution in [3.8, 4) is 11.5 Å². The van der Waals surface area contributed by atoms with Crippen LogP contribution < -0.4 is 9.47 Å². The van der Waals surface area contributed by atoms with E-state index in [0.29, 0.717) is 24.5 Å². The molecule has 1 rings (SSSR count). The van der Waals surface area contributed by atoms with Crippen LogP contribution in [0.3, 0.4) is 0 Å². The first-order chi connectivity index (χ1) is 10.6. The fourth-order valence-corrected chi connectivity index (χ4v) is 1.81. The maximum atomic E-state index is 11.7. The molecule has 0 unspecified atom stereocenters. The Kier molecular flexibility index (Phi) is 7.54. The van der Waals surface area contributed by atoms with E-state index in [9.17, 15) is 4.79 Å². The highest BCUT2D eigenvalue weighted by Crippen LogP contribution is 2.25. The third kappa shape index (κ3) is 5.48. The second-order valence-corrected chi connectivity index (χ2v) is 4.43. The molecule has 0 aliphatic rings. The van der Waals surface area contributed by atoms with E-state index in [1.54, 1.807) is 44.6 Å². The molecule has 0 radical (unpaired) electrons. The average Bonchev–Trinajstić information content (AvgIpc) is 2.56. The molecule has 1 aromatic carbocycles. The number of carbonyl (C=O) groups is 1. The summed E-state index contributed by atoms with van der Waals surface area (Å²) in [7, 11) is 3.16. The number of rotatable bonds is 8. The molecule has 0 amide bonds. The van der Waals surface area contributed by atoms with Crippen molar-refractivity contribution in [2.75, 3.05) is 20.8 Å². The van der Waals surface area contributed by atoms with Gasteiger partial charge in [0.25, 0.3) is 0 Å². The number of benzene rings is 1. The van der Waals surface area contributed by atoms with Crippen molar-refractivity contribution in [1.29, 1.82) is 0 Å². The van der Waals surface area contributed by atoms with Crippen molar-refractivity contribution >= 4 is 12.0 Å². The molecule has 22 heavy (non-hydrogen) atoms. The molecule has 118 valence electrons. The van der Waals surface area contributed by atoms with Gasteiger partial charge in [-0.2, -0.15) is 0 Å². The smallest absolute Gasteiger partial charge is 0.330 e. The van der Waals surface area contributed by atoms with Crippen LogP contribution in [-0.4, -0.2) is 26.8 Å². The monoisotopic (exact) mass is 302 g/mol. The Bertz CT molecular complexity index is 570. The minimum Gasteiger partial charge on any atom is -0.497 e. The van der Waals surface area contributed by atoms with E-state index in [1.807, 2.05) is 13.0 Å². The van der Waals surface area contributed by atoms with Crippen LogP contribution in [-0.2, 0) is 9.53 Å². The molecule has 0 saturated carbocycles. The molecule has 4 heteroatoms. The number of allylic oxidation sites excluding steroid dienone is 2. The molecule has 0 aromatic heterocycles. The van der Waals surface area contributed by atoms with Gasteiger partial charge in [-0.05, 0) is 36.8 Å². The molecule has 0 aliphatic carbocycles. The molecule has 0 heterocycles. The zero-order valence-corrected chi connectivity index (χ0v) is 13.3. The van der Waals surface area contributed by atoms with Crippen LogP contribution in [0.4, 0.5) is 0 Å². The van der Waals surface area contributed by atoms with Gasteiger partial charge in [0, 0.05) is 18.1 Å². The Hall–Kier alpha value is -2.49. The van der Waals surface area contributed by atoms with Crippen molar-refractivity contribution in [2.24, 2.45) is 0 Å². The van der Waals surface area contributed by atoms with Crippen LogP contribution in [0.2, 0.25) is 0 Å². The number of carbonyl (C=O) groups excluding carboxylic acids is 1. The third-order valence-corrected chi connectivity index (χ3v) is 3.10. The summed E-state index contributed by atoms with van der Waals surface area (Å²) < 4.78 is 15.5. The van der Waals surface area contributed by atoms with Crippen molar-refractivity contribution in [3.05, 3.63) is 54.1 Å². The van der Waals surface area contributed by atoms with E-state index >= 15 is 0 Å². The van der Waals surface area contributed by atoms with Crippen LogP contribution in [0.5, 0.6) is 11.5 Å². The van der Waals surface area contributed by atoms with Gasteiger partial charge in [-0.3, -0.25) is 0 Å². The number of esters is 1. The molecule has 0 atom stereocenters. The minimum absolute atomic E-state index is 0.324. The second kappa shape index (κ2) is 9.45. The summed E-state index contributed by atoms with van der Waals surface area (Å²) in [6, 6.07) is 5.37. The third-order valence-electron chi connectivity index (χ3n) is 3.10. The first kappa shape index (κ1) is 17.6. The highest BCUT2D eigenvalue weighted by atomic mass is 16.5. The minimum atomic E-state index is -0.399. The molecular weight excluding hydrogens is 280 g/mol. The molecule has 0 bridgehead atoms. The first-order valence-electron chi connectivity index (χ1n) is 6.99.